The zero-order valence-corrected chi connectivity index (χ0v) is 8.44. The molecule has 1 aromatic rings. The van der Waals surface area contributed by atoms with Crippen LogP contribution < -0.4 is 0 Å². The highest BCUT2D eigenvalue weighted by atomic mass is 16.3. The number of phenols is 1. The van der Waals surface area contributed by atoms with Gasteiger partial charge in [0.1, 0.15) is 12.5 Å². The van der Waals surface area contributed by atoms with Crippen LogP contribution in [0.25, 0.3) is 0 Å². The van der Waals surface area contributed by atoms with E-state index in [1.807, 2.05) is 19.8 Å². The van der Waals surface area contributed by atoms with Gasteiger partial charge in [-0.15, -0.1) is 0 Å². The number of benzene rings is 1. The van der Waals surface area contributed by atoms with Crippen molar-refractivity contribution in [2.45, 2.75) is 6.92 Å². The lowest BCUT2D eigenvalue weighted by Crippen LogP contribution is -1.56. The molecule has 0 saturated carbocycles. The molecule has 0 aromatic heterocycles. The molecule has 0 unspecified atom stereocenters. The summed E-state index contributed by atoms with van der Waals surface area (Å²) in [4.78, 5) is 8.00. The maximum absolute atomic E-state index is 8.63. The molecule has 14 heavy (non-hydrogen) atoms. The Bertz CT molecular complexity index is 252. The molecule has 0 amide bonds. The van der Waals surface area contributed by atoms with Crippen molar-refractivity contribution in [1.29, 1.82) is 0 Å². The number of hydrogen-bond donors (Lipinski definition) is 1. The second-order valence-corrected chi connectivity index (χ2v) is 2.39. The first-order chi connectivity index (χ1) is 6.66. The lowest BCUT2D eigenvalue weighted by atomic mass is 10.3. The highest BCUT2D eigenvalue weighted by Gasteiger charge is 1.74. The molecule has 76 valence electrons. The first kappa shape index (κ1) is 14.7. The molecular weight excluding hydrogens is 176 g/mol. The molecule has 0 bridgehead atoms. The summed E-state index contributed by atoms with van der Waals surface area (Å²) in [5, 5.41) is 8.63. The second kappa shape index (κ2) is 11.2. The van der Waals surface area contributed by atoms with E-state index in [-0.39, 0.29) is 0 Å². The number of aromatic hydroxyl groups is 1. The van der Waals surface area contributed by atoms with Gasteiger partial charge < -0.3 is 9.90 Å². The Hall–Kier alpha value is -1.83. The molecule has 0 radical (unpaired) electrons. The van der Waals surface area contributed by atoms with Crippen LogP contribution in [0.15, 0.2) is 55.1 Å². The summed E-state index contributed by atoms with van der Waals surface area (Å²) in [7, 11) is 0. The van der Waals surface area contributed by atoms with Crippen LogP contribution >= 0.6 is 0 Å². The number of phenolic OH excluding ortho intramolecular Hbond substituents is 1. The van der Waals surface area contributed by atoms with E-state index < -0.39 is 0 Å². The standard InChI is InChI=1S/C6H6O.C5H8.CH2O/c7-6-4-2-1-3-5-6;1-4-5(2)3;1-2/h1-5,7H;4H,1-2H2,3H3;1H2. The summed E-state index contributed by atoms with van der Waals surface area (Å²) in [5.74, 6) is 0.322. The van der Waals surface area contributed by atoms with Gasteiger partial charge in [-0.3, -0.25) is 0 Å². The lowest BCUT2D eigenvalue weighted by Gasteiger charge is -1.82. The van der Waals surface area contributed by atoms with Gasteiger partial charge in [0.2, 0.25) is 0 Å². The normalized spacial score (nSPS) is 6.93. The third kappa shape index (κ3) is 12.8. The van der Waals surface area contributed by atoms with Crippen LogP contribution in [0.4, 0.5) is 0 Å². The fourth-order valence-electron chi connectivity index (χ4n) is 0.428. The van der Waals surface area contributed by atoms with E-state index in [1.165, 1.54) is 0 Å². The van der Waals surface area contributed by atoms with Crippen LogP contribution in [0.1, 0.15) is 6.92 Å². The summed E-state index contributed by atoms with van der Waals surface area (Å²) in [6.07, 6.45) is 1.72. The fourth-order valence-corrected chi connectivity index (χ4v) is 0.428. The fraction of sp³-hybridized carbons (Fsp3) is 0.0833. The summed E-state index contributed by atoms with van der Waals surface area (Å²) in [6, 6.07) is 8.71. The average Bonchev–Trinajstić information content (AvgIpc) is 2.23. The third-order valence-corrected chi connectivity index (χ3v) is 1.10. The Labute approximate surface area is 85.2 Å². The molecule has 0 heterocycles. The first-order valence-corrected chi connectivity index (χ1v) is 3.97. The van der Waals surface area contributed by atoms with Crippen molar-refractivity contribution in [2.75, 3.05) is 0 Å². The van der Waals surface area contributed by atoms with E-state index in [4.69, 9.17) is 9.90 Å². The van der Waals surface area contributed by atoms with Crippen LogP contribution in [0, 0.1) is 0 Å². The van der Waals surface area contributed by atoms with Gasteiger partial charge in [0, 0.05) is 0 Å². The van der Waals surface area contributed by atoms with Crippen molar-refractivity contribution >= 4 is 6.79 Å². The summed E-state index contributed by atoms with van der Waals surface area (Å²) in [5.41, 5.74) is 1.02. The molecule has 1 aromatic carbocycles. The van der Waals surface area contributed by atoms with E-state index in [0.717, 1.165) is 5.57 Å². The smallest absolute Gasteiger partial charge is 0.115 e. The van der Waals surface area contributed by atoms with Gasteiger partial charge in [-0.25, -0.2) is 0 Å². The number of hydrogen-bond acceptors (Lipinski definition) is 2. The molecule has 0 fully saturated rings. The number of carbonyl (C=O) groups excluding carboxylic acids is 1. The number of allylic oxidation sites excluding steroid dienone is 2. The minimum absolute atomic E-state index is 0.322. The van der Waals surface area contributed by atoms with Gasteiger partial charge in [0.05, 0.1) is 0 Å². The van der Waals surface area contributed by atoms with Crippen molar-refractivity contribution in [1.82, 2.24) is 0 Å². The van der Waals surface area contributed by atoms with Crippen molar-refractivity contribution in [3.05, 3.63) is 55.1 Å². The van der Waals surface area contributed by atoms with E-state index in [0.29, 0.717) is 5.75 Å². The number of para-hydroxylation sites is 1. The quantitative estimate of drug-likeness (QED) is 0.694. The largest absolute Gasteiger partial charge is 0.508 e. The van der Waals surface area contributed by atoms with Crippen LogP contribution in [-0.2, 0) is 4.79 Å². The first-order valence-electron chi connectivity index (χ1n) is 3.97. The van der Waals surface area contributed by atoms with Crippen LogP contribution in [0.2, 0.25) is 0 Å². The Morgan fingerprint density at radius 1 is 1.29 bits per heavy atom. The predicted octanol–water partition coefficient (Wildman–Crippen LogP) is 2.96. The highest BCUT2D eigenvalue weighted by Crippen LogP contribution is 2.02. The van der Waals surface area contributed by atoms with Crippen LogP contribution in [0.5, 0.6) is 5.75 Å². The Morgan fingerprint density at radius 2 is 1.64 bits per heavy atom. The van der Waals surface area contributed by atoms with E-state index in [2.05, 4.69) is 13.2 Å². The van der Waals surface area contributed by atoms with E-state index >= 15 is 0 Å². The second-order valence-electron chi connectivity index (χ2n) is 2.39. The number of carbonyl (C=O) groups is 1. The number of rotatable bonds is 1. The zero-order chi connectivity index (χ0) is 11.4. The maximum atomic E-state index is 8.63. The molecule has 0 aliphatic rings. The van der Waals surface area contributed by atoms with Crippen molar-refractivity contribution in [2.24, 2.45) is 0 Å². The summed E-state index contributed by atoms with van der Waals surface area (Å²) >= 11 is 0. The summed E-state index contributed by atoms with van der Waals surface area (Å²) < 4.78 is 0. The van der Waals surface area contributed by atoms with Crippen molar-refractivity contribution < 1.29 is 9.90 Å². The Kier molecular flexibility index (Phi) is 11.7. The van der Waals surface area contributed by atoms with Gasteiger partial charge in [-0.1, -0.05) is 43.0 Å². The maximum Gasteiger partial charge on any atom is 0.115 e. The minimum atomic E-state index is 0.322. The molecule has 0 atom stereocenters. The van der Waals surface area contributed by atoms with E-state index in [9.17, 15) is 0 Å². The Balaban J connectivity index is 0. The topological polar surface area (TPSA) is 37.3 Å². The Morgan fingerprint density at radius 3 is 1.79 bits per heavy atom. The summed E-state index contributed by atoms with van der Waals surface area (Å²) in [6.45, 7) is 10.9. The van der Waals surface area contributed by atoms with Crippen molar-refractivity contribution in [3.63, 3.8) is 0 Å². The molecule has 0 saturated heterocycles. The minimum Gasteiger partial charge on any atom is -0.508 e. The third-order valence-electron chi connectivity index (χ3n) is 1.10. The van der Waals surface area contributed by atoms with Crippen LogP contribution in [0.3, 0.4) is 0 Å². The van der Waals surface area contributed by atoms with E-state index in [1.54, 1.807) is 30.3 Å². The lowest BCUT2D eigenvalue weighted by molar-refractivity contribution is -0.0979. The van der Waals surface area contributed by atoms with Gasteiger partial charge in [0.25, 0.3) is 0 Å². The molecule has 2 heteroatoms. The molecule has 0 spiro atoms. The molecule has 0 aliphatic heterocycles. The van der Waals surface area contributed by atoms with Gasteiger partial charge in [-0.2, -0.15) is 0 Å². The SMILES string of the molecule is C=CC(=C)C.C=O.Oc1ccccc1. The molecular formula is C12H16O2. The molecule has 1 N–H and O–H groups in total. The average molecular weight is 192 g/mol. The van der Waals surface area contributed by atoms with Gasteiger partial charge in [-0.05, 0) is 19.1 Å². The van der Waals surface area contributed by atoms with Crippen molar-refractivity contribution in [3.8, 4) is 5.75 Å². The van der Waals surface area contributed by atoms with Gasteiger partial charge in [0.15, 0.2) is 0 Å². The van der Waals surface area contributed by atoms with Crippen LogP contribution in [-0.4, -0.2) is 11.9 Å². The zero-order valence-electron chi connectivity index (χ0n) is 8.44. The predicted molar refractivity (Wildman–Crippen MR) is 60.2 cm³/mol. The molecule has 0 aliphatic carbocycles. The van der Waals surface area contributed by atoms with Gasteiger partial charge >= 0.3 is 0 Å². The molecule has 2 nitrogen and oxygen atoms in total. The molecule has 1 rings (SSSR count). The highest BCUT2D eigenvalue weighted by molar-refractivity contribution is 5.18. The monoisotopic (exact) mass is 192 g/mol.